The van der Waals surface area contributed by atoms with E-state index >= 15 is 0 Å². The summed E-state index contributed by atoms with van der Waals surface area (Å²) in [5.41, 5.74) is 7.38. The van der Waals surface area contributed by atoms with Crippen LogP contribution in [-0.4, -0.2) is 53.9 Å². The molecule has 1 aromatic rings. The van der Waals surface area contributed by atoms with E-state index in [0.29, 0.717) is 17.4 Å². The van der Waals surface area contributed by atoms with E-state index in [0.717, 1.165) is 31.6 Å². The van der Waals surface area contributed by atoms with E-state index in [-0.39, 0.29) is 11.8 Å². The number of hydrogen-bond acceptors (Lipinski definition) is 4. The third-order valence-electron chi connectivity index (χ3n) is 4.19. The smallest absolute Gasteiger partial charge is 0.254 e. The van der Waals surface area contributed by atoms with Crippen molar-refractivity contribution in [1.82, 2.24) is 14.8 Å². The number of carbonyl (C=O) groups excluding carboxylic acids is 1. The number of nitrogens with zero attached hydrogens (tertiary/aromatic N) is 3. The third kappa shape index (κ3) is 3.73. The molecule has 0 unspecified atom stereocenters. The summed E-state index contributed by atoms with van der Waals surface area (Å²) in [4.78, 5) is 21.1. The number of nitrogen functional groups attached to an aromatic ring is 1. The normalized spacial score (nSPS) is 16.8. The van der Waals surface area contributed by atoms with Crippen molar-refractivity contribution in [3.05, 3.63) is 23.4 Å². The molecule has 5 heteroatoms. The second-order valence-corrected chi connectivity index (χ2v) is 6.35. The van der Waals surface area contributed by atoms with Crippen LogP contribution in [0, 0.1) is 0 Å². The number of carbonyl (C=O) groups is 1. The van der Waals surface area contributed by atoms with Crippen molar-refractivity contribution < 1.29 is 4.79 Å². The summed E-state index contributed by atoms with van der Waals surface area (Å²) < 4.78 is 0. The van der Waals surface area contributed by atoms with E-state index in [1.807, 2.05) is 11.0 Å². The van der Waals surface area contributed by atoms with Gasteiger partial charge in [0.1, 0.15) is 5.82 Å². The molecule has 1 aromatic heterocycles. The lowest BCUT2D eigenvalue weighted by molar-refractivity contribution is 0.0663. The molecule has 1 saturated heterocycles. The average Bonchev–Trinajstić information content (AvgIpc) is 2.45. The minimum Gasteiger partial charge on any atom is -0.384 e. The minimum absolute atomic E-state index is 0.0724. The zero-order chi connectivity index (χ0) is 15.6. The first-order chi connectivity index (χ1) is 9.88. The van der Waals surface area contributed by atoms with Gasteiger partial charge in [-0.25, -0.2) is 4.98 Å². The van der Waals surface area contributed by atoms with Crippen LogP contribution in [0.15, 0.2) is 12.1 Å². The first kappa shape index (κ1) is 15.8. The number of pyridine rings is 1. The maximum atomic E-state index is 12.6. The van der Waals surface area contributed by atoms with Crippen molar-refractivity contribution >= 4 is 11.7 Å². The van der Waals surface area contributed by atoms with Crippen molar-refractivity contribution in [3.63, 3.8) is 0 Å². The fourth-order valence-corrected chi connectivity index (χ4v) is 2.76. The zero-order valence-corrected chi connectivity index (χ0v) is 13.5. The number of piperidine rings is 1. The Hall–Kier alpha value is -1.62. The van der Waals surface area contributed by atoms with Crippen LogP contribution in [0.1, 0.15) is 48.7 Å². The first-order valence-electron chi connectivity index (χ1n) is 7.61. The van der Waals surface area contributed by atoms with Gasteiger partial charge in [0.15, 0.2) is 0 Å². The van der Waals surface area contributed by atoms with Crippen LogP contribution in [0.25, 0.3) is 0 Å². The highest BCUT2D eigenvalue weighted by Crippen LogP contribution is 2.20. The average molecular weight is 290 g/mol. The van der Waals surface area contributed by atoms with Gasteiger partial charge in [-0.15, -0.1) is 0 Å². The fourth-order valence-electron chi connectivity index (χ4n) is 2.76. The molecular formula is C16H26N4O. The molecule has 0 radical (unpaired) electrons. The van der Waals surface area contributed by atoms with Gasteiger partial charge in [-0.2, -0.15) is 0 Å². The lowest BCUT2D eigenvalue weighted by atomic mass is 10.0. The molecule has 2 N–H and O–H groups in total. The van der Waals surface area contributed by atoms with Crippen molar-refractivity contribution in [2.75, 3.05) is 32.9 Å². The Balaban J connectivity index is 2.11. The molecule has 1 amide bonds. The topological polar surface area (TPSA) is 62.5 Å². The van der Waals surface area contributed by atoms with Gasteiger partial charge in [0.2, 0.25) is 0 Å². The summed E-state index contributed by atoms with van der Waals surface area (Å²) in [6.07, 6.45) is 2.05. The van der Waals surface area contributed by atoms with Crippen molar-refractivity contribution in [3.8, 4) is 0 Å². The van der Waals surface area contributed by atoms with Gasteiger partial charge in [-0.1, -0.05) is 13.8 Å². The van der Waals surface area contributed by atoms with Gasteiger partial charge in [0.25, 0.3) is 5.91 Å². The molecule has 1 aliphatic rings. The molecule has 2 heterocycles. The summed E-state index contributed by atoms with van der Waals surface area (Å²) in [6, 6.07) is 4.14. The molecule has 0 saturated carbocycles. The van der Waals surface area contributed by atoms with Crippen LogP contribution >= 0.6 is 0 Å². The molecule has 1 aliphatic heterocycles. The number of likely N-dealkylation sites (tertiary alicyclic amines) is 1. The largest absolute Gasteiger partial charge is 0.384 e. The van der Waals surface area contributed by atoms with Gasteiger partial charge in [-0.3, -0.25) is 4.79 Å². The number of nitrogens with two attached hydrogens (primary N) is 1. The van der Waals surface area contributed by atoms with Crippen LogP contribution in [0.4, 0.5) is 5.82 Å². The number of hydrogen-bond donors (Lipinski definition) is 1. The van der Waals surface area contributed by atoms with Crippen LogP contribution in [-0.2, 0) is 0 Å². The second kappa shape index (κ2) is 6.43. The van der Waals surface area contributed by atoms with Gasteiger partial charge in [-0.05, 0) is 45.0 Å². The third-order valence-corrected chi connectivity index (χ3v) is 4.19. The summed E-state index contributed by atoms with van der Waals surface area (Å²) in [7, 11) is 4.20. The minimum atomic E-state index is 0.0724. The molecule has 5 nitrogen and oxygen atoms in total. The highest BCUT2D eigenvalue weighted by molar-refractivity contribution is 5.95. The van der Waals surface area contributed by atoms with E-state index in [2.05, 4.69) is 37.8 Å². The van der Waals surface area contributed by atoms with E-state index in [1.54, 1.807) is 6.07 Å². The Morgan fingerprint density at radius 3 is 2.48 bits per heavy atom. The highest BCUT2D eigenvalue weighted by Gasteiger charge is 2.25. The maximum absolute atomic E-state index is 12.6. The predicted molar refractivity (Wildman–Crippen MR) is 85.4 cm³/mol. The van der Waals surface area contributed by atoms with Crippen molar-refractivity contribution in [2.24, 2.45) is 0 Å². The first-order valence-corrected chi connectivity index (χ1v) is 7.61. The lowest BCUT2D eigenvalue weighted by Gasteiger charge is -2.35. The number of anilines is 1. The molecule has 0 bridgehead atoms. The van der Waals surface area contributed by atoms with Gasteiger partial charge in [0.05, 0.1) is 0 Å². The molecule has 0 aromatic carbocycles. The van der Waals surface area contributed by atoms with E-state index < -0.39 is 0 Å². The van der Waals surface area contributed by atoms with Crippen molar-refractivity contribution in [2.45, 2.75) is 38.6 Å². The second-order valence-electron chi connectivity index (χ2n) is 6.35. The lowest BCUT2D eigenvalue weighted by Crippen LogP contribution is -2.44. The van der Waals surface area contributed by atoms with E-state index in [1.165, 1.54) is 0 Å². The summed E-state index contributed by atoms with van der Waals surface area (Å²) >= 11 is 0. The molecule has 1 fully saturated rings. The Labute approximate surface area is 127 Å². The van der Waals surface area contributed by atoms with Gasteiger partial charge >= 0.3 is 0 Å². The van der Waals surface area contributed by atoms with E-state index in [4.69, 9.17) is 5.73 Å². The Morgan fingerprint density at radius 2 is 1.95 bits per heavy atom. The predicted octanol–water partition coefficient (Wildman–Crippen LogP) is 1.95. The standard InChI is InChI=1S/C16H26N4O/c1-11(2)14-9-12(10-15(17)18-14)16(21)20-7-5-13(6-8-20)19(3)4/h9-11,13H,5-8H2,1-4H3,(H2,17,18). The molecule has 0 atom stereocenters. The Morgan fingerprint density at radius 1 is 1.33 bits per heavy atom. The van der Waals surface area contributed by atoms with Gasteiger partial charge in [0, 0.05) is 30.4 Å². The number of amides is 1. The number of aromatic nitrogens is 1. The highest BCUT2D eigenvalue weighted by atomic mass is 16.2. The maximum Gasteiger partial charge on any atom is 0.254 e. The van der Waals surface area contributed by atoms with Gasteiger partial charge < -0.3 is 15.5 Å². The van der Waals surface area contributed by atoms with Crippen LogP contribution in [0.5, 0.6) is 0 Å². The van der Waals surface area contributed by atoms with Crippen molar-refractivity contribution in [1.29, 1.82) is 0 Å². The SMILES string of the molecule is CC(C)c1cc(C(=O)N2CCC(N(C)C)CC2)cc(N)n1. The van der Waals surface area contributed by atoms with Crippen LogP contribution < -0.4 is 5.73 Å². The van der Waals surface area contributed by atoms with Crippen LogP contribution in [0.2, 0.25) is 0 Å². The summed E-state index contributed by atoms with van der Waals surface area (Å²) in [6.45, 7) is 5.72. The molecular weight excluding hydrogens is 264 g/mol. The molecule has 116 valence electrons. The fraction of sp³-hybridized carbons (Fsp3) is 0.625. The Bertz CT molecular complexity index is 505. The summed E-state index contributed by atoms with van der Waals surface area (Å²) in [5, 5.41) is 0. The van der Waals surface area contributed by atoms with E-state index in [9.17, 15) is 4.79 Å². The molecule has 21 heavy (non-hydrogen) atoms. The quantitative estimate of drug-likeness (QED) is 0.924. The monoisotopic (exact) mass is 290 g/mol. The molecule has 2 rings (SSSR count). The molecule has 0 spiro atoms. The summed E-state index contributed by atoms with van der Waals surface area (Å²) in [5.74, 6) is 0.760. The number of rotatable bonds is 3. The molecule has 0 aliphatic carbocycles. The Kier molecular flexibility index (Phi) is 4.83. The zero-order valence-electron chi connectivity index (χ0n) is 13.5. The van der Waals surface area contributed by atoms with Crippen LogP contribution in [0.3, 0.4) is 0 Å².